The minimum Gasteiger partial charge on any atom is -0.388 e. The molecule has 0 saturated carbocycles. The lowest BCUT2D eigenvalue weighted by Crippen LogP contribution is -1.95. The highest BCUT2D eigenvalue weighted by Crippen LogP contribution is 2.40. The van der Waals surface area contributed by atoms with Crippen LogP contribution in [0.3, 0.4) is 0 Å². The summed E-state index contributed by atoms with van der Waals surface area (Å²) in [5.41, 5.74) is 2.59. The second-order valence-electron chi connectivity index (χ2n) is 5.51. The topological polar surface area (TPSA) is 37.3 Å². The number of aryl methyl sites for hydroxylation is 1. The third-order valence-electron chi connectivity index (χ3n) is 4.28. The predicted molar refractivity (Wildman–Crippen MR) is 80.1 cm³/mol. The number of carbonyl (C=O) groups excluding carboxylic acids is 1. The average molecular weight is 262 g/mol. The van der Waals surface area contributed by atoms with Gasteiger partial charge in [-0.1, -0.05) is 36.4 Å². The zero-order valence-electron chi connectivity index (χ0n) is 11.2. The molecule has 0 saturated heterocycles. The smallest absolute Gasteiger partial charge is 0.166 e. The quantitative estimate of drug-likeness (QED) is 0.623. The number of aliphatic hydroxyl groups is 1. The van der Waals surface area contributed by atoms with E-state index in [0.29, 0.717) is 5.56 Å². The van der Waals surface area contributed by atoms with Gasteiger partial charge in [0.2, 0.25) is 0 Å². The molecule has 0 radical (unpaired) electrons. The average Bonchev–Trinajstić information content (AvgIpc) is 2.73. The largest absolute Gasteiger partial charge is 0.388 e. The molecule has 1 atom stereocenters. The number of rotatable bonds is 0. The molecule has 0 bridgehead atoms. The maximum absolute atomic E-state index is 12.0. The van der Waals surface area contributed by atoms with Crippen molar-refractivity contribution in [1.82, 2.24) is 0 Å². The number of ketones is 1. The molecule has 1 aliphatic rings. The second kappa shape index (κ2) is 3.90. The molecule has 1 aliphatic carbocycles. The summed E-state index contributed by atoms with van der Waals surface area (Å²) in [4.78, 5) is 12.0. The van der Waals surface area contributed by atoms with Crippen molar-refractivity contribution >= 4 is 27.3 Å². The first-order valence-electron chi connectivity index (χ1n) is 6.83. The molecular weight excluding hydrogens is 248 g/mol. The van der Waals surface area contributed by atoms with Crippen LogP contribution in [-0.2, 0) is 0 Å². The van der Waals surface area contributed by atoms with Crippen LogP contribution in [0.15, 0.2) is 42.5 Å². The van der Waals surface area contributed by atoms with E-state index in [9.17, 15) is 9.90 Å². The van der Waals surface area contributed by atoms with Gasteiger partial charge in [-0.05, 0) is 45.7 Å². The maximum Gasteiger partial charge on any atom is 0.166 e. The minimum absolute atomic E-state index is 0.0469. The number of Topliss-reactive ketones (excluding diaryl/α,β-unsaturated/α-hetero) is 1. The lowest BCUT2D eigenvalue weighted by atomic mass is 9.92. The Morgan fingerprint density at radius 1 is 1.10 bits per heavy atom. The Morgan fingerprint density at radius 3 is 2.75 bits per heavy atom. The summed E-state index contributed by atoms with van der Waals surface area (Å²) < 4.78 is 0. The summed E-state index contributed by atoms with van der Waals surface area (Å²) in [6.45, 7) is 2.03. The summed E-state index contributed by atoms with van der Waals surface area (Å²) in [6.07, 6.45) is -0.456. The van der Waals surface area contributed by atoms with Crippen molar-refractivity contribution < 1.29 is 9.90 Å². The first-order chi connectivity index (χ1) is 9.66. The third kappa shape index (κ3) is 1.40. The number of aliphatic hydroxyl groups excluding tert-OH is 1. The SMILES string of the molecule is Cc1cc2c(c3ccc4ccccc4c13)C(O)CC2=O. The van der Waals surface area contributed by atoms with Crippen LogP contribution in [0.4, 0.5) is 0 Å². The molecule has 3 aromatic carbocycles. The molecule has 2 nitrogen and oxygen atoms in total. The Hall–Kier alpha value is -2.19. The summed E-state index contributed by atoms with van der Waals surface area (Å²) in [7, 11) is 0. The van der Waals surface area contributed by atoms with Crippen molar-refractivity contribution in [2.75, 3.05) is 0 Å². The second-order valence-corrected chi connectivity index (χ2v) is 5.51. The molecule has 98 valence electrons. The summed E-state index contributed by atoms with van der Waals surface area (Å²) >= 11 is 0. The van der Waals surface area contributed by atoms with Crippen LogP contribution < -0.4 is 0 Å². The Balaban J connectivity index is 2.25. The summed E-state index contributed by atoms with van der Waals surface area (Å²) in [5.74, 6) is 0.0469. The Labute approximate surface area is 116 Å². The lowest BCUT2D eigenvalue weighted by Gasteiger charge is -2.13. The Morgan fingerprint density at radius 2 is 1.90 bits per heavy atom. The number of hydrogen-bond donors (Lipinski definition) is 1. The van der Waals surface area contributed by atoms with Crippen LogP contribution in [0.1, 0.15) is 34.0 Å². The van der Waals surface area contributed by atoms with E-state index in [-0.39, 0.29) is 12.2 Å². The molecule has 0 aliphatic heterocycles. The molecule has 0 fully saturated rings. The van der Waals surface area contributed by atoms with Gasteiger partial charge in [-0.3, -0.25) is 4.79 Å². The fourth-order valence-electron chi connectivity index (χ4n) is 3.41. The van der Waals surface area contributed by atoms with Gasteiger partial charge in [0.15, 0.2) is 5.78 Å². The van der Waals surface area contributed by atoms with Crippen LogP contribution >= 0.6 is 0 Å². The van der Waals surface area contributed by atoms with Crippen LogP contribution in [0.25, 0.3) is 21.5 Å². The van der Waals surface area contributed by atoms with Crippen LogP contribution in [0.2, 0.25) is 0 Å². The van der Waals surface area contributed by atoms with E-state index in [1.807, 2.05) is 31.2 Å². The first kappa shape index (κ1) is 11.6. The molecule has 0 heterocycles. The highest BCUT2D eigenvalue weighted by atomic mass is 16.3. The van der Waals surface area contributed by atoms with Crippen molar-refractivity contribution in [3.8, 4) is 0 Å². The predicted octanol–water partition coefficient (Wildman–Crippen LogP) is 3.92. The Kier molecular flexibility index (Phi) is 2.27. The highest BCUT2D eigenvalue weighted by molar-refractivity contribution is 6.14. The van der Waals surface area contributed by atoms with Crippen LogP contribution in [-0.4, -0.2) is 10.9 Å². The molecule has 1 N–H and O–H groups in total. The molecule has 2 heteroatoms. The zero-order chi connectivity index (χ0) is 13.9. The van der Waals surface area contributed by atoms with Gasteiger partial charge in [0.1, 0.15) is 0 Å². The van der Waals surface area contributed by atoms with Gasteiger partial charge in [0.05, 0.1) is 6.10 Å². The minimum atomic E-state index is -0.665. The third-order valence-corrected chi connectivity index (χ3v) is 4.28. The highest BCUT2D eigenvalue weighted by Gasteiger charge is 2.30. The van der Waals surface area contributed by atoms with E-state index in [1.54, 1.807) is 0 Å². The van der Waals surface area contributed by atoms with Gasteiger partial charge in [-0.15, -0.1) is 0 Å². The van der Waals surface area contributed by atoms with Crippen molar-refractivity contribution in [3.05, 3.63) is 59.2 Å². The van der Waals surface area contributed by atoms with Crippen LogP contribution in [0.5, 0.6) is 0 Å². The molecule has 0 amide bonds. The van der Waals surface area contributed by atoms with E-state index in [1.165, 1.54) is 10.8 Å². The summed E-state index contributed by atoms with van der Waals surface area (Å²) in [5, 5.41) is 14.7. The van der Waals surface area contributed by atoms with E-state index in [4.69, 9.17) is 0 Å². The van der Waals surface area contributed by atoms with E-state index < -0.39 is 6.10 Å². The molecule has 3 aromatic rings. The van der Waals surface area contributed by atoms with Gasteiger partial charge >= 0.3 is 0 Å². The fourth-order valence-corrected chi connectivity index (χ4v) is 3.41. The van der Waals surface area contributed by atoms with E-state index in [0.717, 1.165) is 21.9 Å². The van der Waals surface area contributed by atoms with Crippen molar-refractivity contribution in [3.63, 3.8) is 0 Å². The van der Waals surface area contributed by atoms with Gasteiger partial charge in [-0.2, -0.15) is 0 Å². The molecule has 4 rings (SSSR count). The van der Waals surface area contributed by atoms with Gasteiger partial charge < -0.3 is 5.11 Å². The number of benzene rings is 3. The standard InChI is InChI=1S/C18H14O2/c1-10-8-14-15(19)9-16(20)18(14)13-7-6-11-4-2-3-5-12(11)17(10)13/h2-8,16,20H,9H2,1H3. The molecule has 20 heavy (non-hydrogen) atoms. The molecule has 0 aromatic heterocycles. The fraction of sp³-hybridized carbons (Fsp3) is 0.167. The zero-order valence-corrected chi connectivity index (χ0v) is 11.2. The van der Waals surface area contributed by atoms with Gasteiger partial charge in [-0.25, -0.2) is 0 Å². The van der Waals surface area contributed by atoms with E-state index >= 15 is 0 Å². The normalized spacial score (nSPS) is 17.9. The molecule has 0 spiro atoms. The van der Waals surface area contributed by atoms with Crippen molar-refractivity contribution in [2.24, 2.45) is 0 Å². The van der Waals surface area contributed by atoms with Crippen LogP contribution in [0, 0.1) is 6.92 Å². The number of carbonyl (C=O) groups is 1. The maximum atomic E-state index is 12.0. The molecule has 1 unspecified atom stereocenters. The van der Waals surface area contributed by atoms with Crippen molar-refractivity contribution in [1.29, 1.82) is 0 Å². The summed E-state index contributed by atoms with van der Waals surface area (Å²) in [6, 6.07) is 14.3. The van der Waals surface area contributed by atoms with E-state index in [2.05, 4.69) is 18.2 Å². The van der Waals surface area contributed by atoms with Crippen molar-refractivity contribution in [2.45, 2.75) is 19.4 Å². The van der Waals surface area contributed by atoms with Gasteiger partial charge in [0.25, 0.3) is 0 Å². The molecular formula is C18H14O2. The Bertz CT molecular complexity index is 877. The lowest BCUT2D eigenvalue weighted by molar-refractivity contribution is 0.0930. The monoisotopic (exact) mass is 262 g/mol. The number of hydrogen-bond acceptors (Lipinski definition) is 2. The van der Waals surface area contributed by atoms with Gasteiger partial charge in [0, 0.05) is 12.0 Å². The number of fused-ring (bicyclic) bond motifs is 5. The first-order valence-corrected chi connectivity index (χ1v) is 6.83.